The summed E-state index contributed by atoms with van der Waals surface area (Å²) >= 11 is 0. The molecule has 2 aliphatic heterocycles. The summed E-state index contributed by atoms with van der Waals surface area (Å²) in [6, 6.07) is 21.3. The Bertz CT molecular complexity index is 1640. The lowest BCUT2D eigenvalue weighted by atomic mass is 10.1. The summed E-state index contributed by atoms with van der Waals surface area (Å²) in [5, 5.41) is 5.94. The van der Waals surface area contributed by atoms with Crippen molar-refractivity contribution in [3.05, 3.63) is 108 Å². The van der Waals surface area contributed by atoms with Crippen LogP contribution in [0.1, 0.15) is 57.8 Å². The fourth-order valence-corrected chi connectivity index (χ4v) is 6.22. The number of amides is 4. The molecule has 4 amide bonds. The molecule has 2 N–H and O–H groups in total. The van der Waals surface area contributed by atoms with Crippen LogP contribution in [0.15, 0.2) is 85.2 Å². The second-order valence-corrected chi connectivity index (χ2v) is 11.9. The molecule has 4 aromatic rings. The van der Waals surface area contributed by atoms with Gasteiger partial charge in [0, 0.05) is 51.0 Å². The number of aromatic nitrogens is 2. The van der Waals surface area contributed by atoms with E-state index >= 15 is 0 Å². The average molecular weight is 619 g/mol. The number of carbonyl (C=O) groups excluding carboxylic acids is 4. The third-order valence-corrected chi connectivity index (χ3v) is 8.78. The predicted molar refractivity (Wildman–Crippen MR) is 178 cm³/mol. The zero-order chi connectivity index (χ0) is 32.2. The van der Waals surface area contributed by atoms with E-state index in [-0.39, 0.29) is 23.6 Å². The maximum absolute atomic E-state index is 13.1. The zero-order valence-electron chi connectivity index (χ0n) is 26.1. The molecule has 0 saturated carbocycles. The molecule has 236 valence electrons. The molecular formula is C36H38N6O4. The normalized spacial score (nSPS) is 17.9. The summed E-state index contributed by atoms with van der Waals surface area (Å²) in [6.45, 7) is 1.13. The molecule has 10 heteroatoms. The highest BCUT2D eigenvalue weighted by Crippen LogP contribution is 2.24. The summed E-state index contributed by atoms with van der Waals surface area (Å²) in [7, 11) is 3.65. The Kier molecular flexibility index (Phi) is 8.87. The van der Waals surface area contributed by atoms with Gasteiger partial charge in [0.25, 0.3) is 11.8 Å². The summed E-state index contributed by atoms with van der Waals surface area (Å²) in [6.07, 6.45) is 10.5. The number of hydrogen-bond donors (Lipinski definition) is 2. The number of aryl methyl sites for hydroxylation is 2. The van der Waals surface area contributed by atoms with Gasteiger partial charge in [0.15, 0.2) is 0 Å². The van der Waals surface area contributed by atoms with Crippen molar-refractivity contribution in [2.75, 3.05) is 23.7 Å². The molecule has 2 aromatic heterocycles. The van der Waals surface area contributed by atoms with Crippen LogP contribution in [-0.4, -0.2) is 67.7 Å². The Labute approximate surface area is 268 Å². The number of benzene rings is 2. The maximum atomic E-state index is 13.1. The summed E-state index contributed by atoms with van der Waals surface area (Å²) in [5.74, 6) is -0.619. The van der Waals surface area contributed by atoms with Crippen molar-refractivity contribution in [1.29, 1.82) is 0 Å². The van der Waals surface area contributed by atoms with Crippen LogP contribution in [-0.2, 0) is 23.7 Å². The fraction of sp³-hybridized carbons (Fsp3) is 0.278. The quantitative estimate of drug-likeness (QED) is 0.270. The van der Waals surface area contributed by atoms with E-state index in [9.17, 15) is 19.2 Å². The lowest BCUT2D eigenvalue weighted by Gasteiger charge is -2.24. The molecule has 2 aromatic carbocycles. The van der Waals surface area contributed by atoms with Crippen molar-refractivity contribution in [3.63, 3.8) is 0 Å². The third-order valence-electron chi connectivity index (χ3n) is 8.78. The highest BCUT2D eigenvalue weighted by molar-refractivity contribution is 6.02. The van der Waals surface area contributed by atoms with Crippen LogP contribution >= 0.6 is 0 Å². The van der Waals surface area contributed by atoms with Gasteiger partial charge in [-0.25, -0.2) is 0 Å². The third kappa shape index (κ3) is 6.51. The van der Waals surface area contributed by atoms with E-state index in [1.807, 2.05) is 99.3 Å². The van der Waals surface area contributed by atoms with E-state index in [4.69, 9.17) is 0 Å². The SMILES string of the molecule is Cn1cccc1C(=O)N1CCC[C@H]1C(=O)Nc1ccc(C=Cc2ccc(NC(=O)[C@@H]3CCCN3C(=O)c3cccn3C)cc2)cc1. The Hall–Kier alpha value is -5.38. The van der Waals surface area contributed by atoms with Gasteiger partial charge in [-0.05, 0) is 85.3 Å². The maximum Gasteiger partial charge on any atom is 0.271 e. The molecule has 2 aliphatic rings. The molecule has 46 heavy (non-hydrogen) atoms. The van der Waals surface area contributed by atoms with Crippen LogP contribution in [0, 0.1) is 0 Å². The van der Waals surface area contributed by atoms with Crippen molar-refractivity contribution in [2.45, 2.75) is 37.8 Å². The van der Waals surface area contributed by atoms with Crippen LogP contribution in [0.25, 0.3) is 12.2 Å². The molecule has 2 atom stereocenters. The lowest BCUT2D eigenvalue weighted by Crippen LogP contribution is -2.43. The van der Waals surface area contributed by atoms with E-state index < -0.39 is 12.1 Å². The van der Waals surface area contributed by atoms with Crippen LogP contribution in [0.5, 0.6) is 0 Å². The van der Waals surface area contributed by atoms with Gasteiger partial charge < -0.3 is 29.6 Å². The fourth-order valence-electron chi connectivity index (χ4n) is 6.22. The van der Waals surface area contributed by atoms with Crippen molar-refractivity contribution in [2.24, 2.45) is 14.1 Å². The average Bonchev–Trinajstić information content (AvgIpc) is 3.88. The van der Waals surface area contributed by atoms with Crippen LogP contribution in [0.4, 0.5) is 11.4 Å². The first-order valence-electron chi connectivity index (χ1n) is 15.6. The van der Waals surface area contributed by atoms with Crippen molar-refractivity contribution >= 4 is 47.2 Å². The molecule has 0 radical (unpaired) electrons. The van der Waals surface area contributed by atoms with Crippen molar-refractivity contribution < 1.29 is 19.2 Å². The minimum Gasteiger partial charge on any atom is -0.347 e. The molecule has 10 nitrogen and oxygen atoms in total. The Morgan fingerprint density at radius 2 is 1.00 bits per heavy atom. The Morgan fingerprint density at radius 1 is 0.609 bits per heavy atom. The standard InChI is InChI=1S/C36H38N6O4/c1-39-21-3-9-31(39)35(45)41-23-5-7-29(41)33(43)37-27-17-13-25(14-18-27)11-12-26-15-19-28(20-16-26)38-34(44)30-8-6-24-42(30)36(46)32-10-4-22-40(32)2/h3-4,9-22,29-30H,5-8,23-24H2,1-2H3,(H,37,43)(H,38,44)/t29-,30-/m0/s1. The van der Waals surface area contributed by atoms with E-state index in [1.165, 1.54) is 0 Å². The minimum absolute atomic E-state index is 0.128. The molecule has 0 spiro atoms. The Morgan fingerprint density at radius 3 is 1.35 bits per heavy atom. The molecule has 6 rings (SSSR count). The topological polar surface area (TPSA) is 109 Å². The van der Waals surface area contributed by atoms with Crippen LogP contribution in [0.2, 0.25) is 0 Å². The molecule has 0 aliphatic carbocycles. The minimum atomic E-state index is -0.497. The lowest BCUT2D eigenvalue weighted by molar-refractivity contribution is -0.120. The summed E-state index contributed by atoms with van der Waals surface area (Å²) in [5.41, 5.74) is 4.41. The van der Waals surface area contributed by atoms with E-state index in [1.54, 1.807) is 31.1 Å². The van der Waals surface area contributed by atoms with Gasteiger partial charge in [-0.2, -0.15) is 0 Å². The van der Waals surface area contributed by atoms with Gasteiger partial charge >= 0.3 is 0 Å². The van der Waals surface area contributed by atoms with E-state index in [2.05, 4.69) is 10.6 Å². The van der Waals surface area contributed by atoms with Gasteiger partial charge in [-0.15, -0.1) is 0 Å². The molecule has 4 heterocycles. The number of hydrogen-bond acceptors (Lipinski definition) is 4. The molecule has 0 bridgehead atoms. The number of carbonyl (C=O) groups is 4. The van der Waals surface area contributed by atoms with Gasteiger partial charge in [0.05, 0.1) is 0 Å². The predicted octanol–water partition coefficient (Wildman–Crippen LogP) is 5.02. The van der Waals surface area contributed by atoms with Gasteiger partial charge in [0.2, 0.25) is 11.8 Å². The van der Waals surface area contributed by atoms with Crippen molar-refractivity contribution in [1.82, 2.24) is 18.9 Å². The monoisotopic (exact) mass is 618 g/mol. The largest absolute Gasteiger partial charge is 0.347 e. The number of likely N-dealkylation sites (tertiary alicyclic amines) is 2. The highest BCUT2D eigenvalue weighted by atomic mass is 16.2. The first-order valence-corrected chi connectivity index (χ1v) is 15.6. The van der Waals surface area contributed by atoms with Crippen LogP contribution in [0.3, 0.4) is 0 Å². The van der Waals surface area contributed by atoms with Gasteiger partial charge in [-0.1, -0.05) is 36.4 Å². The number of anilines is 2. The molecule has 0 unspecified atom stereocenters. The Balaban J connectivity index is 1.01. The molecule has 2 saturated heterocycles. The van der Waals surface area contributed by atoms with Crippen molar-refractivity contribution in [3.8, 4) is 0 Å². The highest BCUT2D eigenvalue weighted by Gasteiger charge is 2.36. The number of nitrogens with zero attached hydrogens (tertiary/aromatic N) is 4. The second-order valence-electron chi connectivity index (χ2n) is 11.9. The first kappa shape index (κ1) is 30.6. The smallest absolute Gasteiger partial charge is 0.271 e. The summed E-state index contributed by atoms with van der Waals surface area (Å²) in [4.78, 5) is 55.5. The first-order chi connectivity index (χ1) is 22.3. The number of rotatable bonds is 8. The van der Waals surface area contributed by atoms with E-state index in [0.717, 1.165) is 24.0 Å². The van der Waals surface area contributed by atoms with Gasteiger partial charge in [0.1, 0.15) is 23.5 Å². The molecular weight excluding hydrogens is 580 g/mol. The summed E-state index contributed by atoms with van der Waals surface area (Å²) < 4.78 is 3.55. The van der Waals surface area contributed by atoms with Gasteiger partial charge in [-0.3, -0.25) is 19.2 Å². The molecule has 2 fully saturated rings. The number of nitrogens with one attached hydrogen (secondary N) is 2. The zero-order valence-corrected chi connectivity index (χ0v) is 26.1. The van der Waals surface area contributed by atoms with Crippen LogP contribution < -0.4 is 10.6 Å². The van der Waals surface area contributed by atoms with E-state index in [0.29, 0.717) is 48.7 Å². The second kappa shape index (κ2) is 13.3.